The van der Waals surface area contributed by atoms with Gasteiger partial charge in [0.2, 0.25) is 0 Å². The molecule has 1 amide bonds. The molecule has 1 aromatic heterocycles. The smallest absolute Gasteiger partial charge is 0.342 e. The number of ether oxygens (including phenoxy) is 1. The topological polar surface area (TPSA) is 111 Å². The Morgan fingerprint density at radius 2 is 2.00 bits per heavy atom. The number of carbonyl (C=O) groups is 2. The van der Waals surface area contributed by atoms with Gasteiger partial charge < -0.3 is 10.1 Å². The Morgan fingerprint density at radius 1 is 1.32 bits per heavy atom. The van der Waals surface area contributed by atoms with Crippen LogP contribution in [-0.4, -0.2) is 28.4 Å². The minimum absolute atomic E-state index is 0.0124. The lowest BCUT2D eigenvalue weighted by atomic mass is 10.1. The minimum Gasteiger partial charge on any atom is -0.452 e. The lowest BCUT2D eigenvalue weighted by Crippen LogP contribution is -2.22. The molecule has 0 saturated carbocycles. The molecule has 8 nitrogen and oxygen atoms in total. The van der Waals surface area contributed by atoms with Crippen molar-refractivity contribution >= 4 is 34.9 Å². The Kier molecular flexibility index (Phi) is 5.66. The number of hydrogen-bond acceptors (Lipinski definition) is 6. The molecule has 0 unspecified atom stereocenters. The molecule has 1 aromatic carbocycles. The second kappa shape index (κ2) is 7.71. The predicted octanol–water partition coefficient (Wildman–Crippen LogP) is 3.06. The average Bonchev–Trinajstić information content (AvgIpc) is 2.52. The second-order valence-corrected chi connectivity index (χ2v) is 5.50. The van der Waals surface area contributed by atoms with Crippen LogP contribution in [0.5, 0.6) is 0 Å². The zero-order valence-corrected chi connectivity index (χ0v) is 14.2. The lowest BCUT2D eigenvalue weighted by Gasteiger charge is -2.10. The Morgan fingerprint density at radius 3 is 2.64 bits per heavy atom. The van der Waals surface area contributed by atoms with Gasteiger partial charge in [-0.3, -0.25) is 14.9 Å². The highest BCUT2D eigenvalue weighted by atomic mass is 35.5. The Bertz CT molecular complexity index is 830. The molecule has 1 N–H and O–H groups in total. The molecule has 9 heteroatoms. The summed E-state index contributed by atoms with van der Waals surface area (Å²) in [6, 6.07) is 7.31. The van der Waals surface area contributed by atoms with E-state index in [9.17, 15) is 19.7 Å². The number of nitro benzene ring substituents is 1. The maximum atomic E-state index is 12.1. The van der Waals surface area contributed by atoms with Crippen LogP contribution < -0.4 is 5.32 Å². The van der Waals surface area contributed by atoms with Crippen LogP contribution >= 0.6 is 11.6 Å². The van der Waals surface area contributed by atoms with Crippen molar-refractivity contribution in [1.82, 2.24) is 4.98 Å². The fourth-order valence-corrected chi connectivity index (χ4v) is 2.52. The maximum absolute atomic E-state index is 12.1. The van der Waals surface area contributed by atoms with Gasteiger partial charge in [-0.15, -0.1) is 0 Å². The van der Waals surface area contributed by atoms with E-state index in [1.165, 1.54) is 24.3 Å². The van der Waals surface area contributed by atoms with Gasteiger partial charge in [-0.2, -0.15) is 0 Å². The summed E-state index contributed by atoms with van der Waals surface area (Å²) in [5.41, 5.74) is 1.05. The van der Waals surface area contributed by atoms with Crippen molar-refractivity contribution in [2.45, 2.75) is 13.8 Å². The number of nitrogens with zero attached hydrogens (tertiary/aromatic N) is 2. The molecule has 0 aliphatic rings. The number of esters is 1. The normalized spacial score (nSPS) is 10.2. The van der Waals surface area contributed by atoms with Gasteiger partial charge in [0.1, 0.15) is 10.8 Å². The van der Waals surface area contributed by atoms with Gasteiger partial charge in [0.15, 0.2) is 6.61 Å². The third kappa shape index (κ3) is 4.51. The van der Waals surface area contributed by atoms with Crippen LogP contribution in [0.25, 0.3) is 0 Å². The number of aromatic nitrogens is 1. The molecule has 0 aliphatic carbocycles. The fraction of sp³-hybridized carbons (Fsp3) is 0.188. The van der Waals surface area contributed by atoms with E-state index in [1.54, 1.807) is 19.9 Å². The van der Waals surface area contributed by atoms with Crippen LogP contribution in [0.2, 0.25) is 5.15 Å². The van der Waals surface area contributed by atoms with Crippen LogP contribution in [0.3, 0.4) is 0 Å². The summed E-state index contributed by atoms with van der Waals surface area (Å²) in [7, 11) is 0. The van der Waals surface area contributed by atoms with Crippen LogP contribution in [0, 0.1) is 24.0 Å². The average molecular weight is 364 g/mol. The van der Waals surface area contributed by atoms with Gasteiger partial charge in [-0.05, 0) is 31.5 Å². The largest absolute Gasteiger partial charge is 0.452 e. The van der Waals surface area contributed by atoms with Crippen LogP contribution in [0.1, 0.15) is 21.6 Å². The van der Waals surface area contributed by atoms with Gasteiger partial charge in [-0.1, -0.05) is 23.7 Å². The van der Waals surface area contributed by atoms with Crippen molar-refractivity contribution in [3.8, 4) is 0 Å². The van der Waals surface area contributed by atoms with Crippen molar-refractivity contribution in [1.29, 1.82) is 0 Å². The van der Waals surface area contributed by atoms with E-state index >= 15 is 0 Å². The quantitative estimate of drug-likeness (QED) is 0.378. The van der Waals surface area contributed by atoms with Crippen LogP contribution in [0.15, 0.2) is 30.3 Å². The van der Waals surface area contributed by atoms with Crippen molar-refractivity contribution in [2.24, 2.45) is 0 Å². The molecular weight excluding hydrogens is 350 g/mol. The summed E-state index contributed by atoms with van der Waals surface area (Å²) >= 11 is 5.94. The number of anilines is 1. The number of nitrogens with one attached hydrogen (secondary N) is 1. The molecule has 0 spiro atoms. The van der Waals surface area contributed by atoms with Crippen molar-refractivity contribution in [2.75, 3.05) is 11.9 Å². The molecule has 0 aliphatic heterocycles. The van der Waals surface area contributed by atoms with E-state index in [0.717, 1.165) is 0 Å². The molecule has 0 atom stereocenters. The van der Waals surface area contributed by atoms with E-state index in [1.807, 2.05) is 0 Å². The first-order valence-electron chi connectivity index (χ1n) is 7.13. The summed E-state index contributed by atoms with van der Waals surface area (Å²) in [6.45, 7) is 2.79. The number of rotatable bonds is 5. The van der Waals surface area contributed by atoms with Crippen molar-refractivity contribution < 1.29 is 19.2 Å². The number of benzene rings is 1. The first-order valence-corrected chi connectivity index (χ1v) is 7.51. The molecule has 1 heterocycles. The summed E-state index contributed by atoms with van der Waals surface area (Å²) in [4.78, 5) is 38.2. The summed E-state index contributed by atoms with van der Waals surface area (Å²) in [5, 5.41) is 13.2. The molecule has 25 heavy (non-hydrogen) atoms. The monoisotopic (exact) mass is 363 g/mol. The maximum Gasteiger partial charge on any atom is 0.342 e. The zero-order chi connectivity index (χ0) is 18.6. The Balaban J connectivity index is 2.04. The van der Waals surface area contributed by atoms with E-state index < -0.39 is 23.4 Å². The molecule has 2 rings (SSSR count). The molecule has 130 valence electrons. The molecule has 0 radical (unpaired) electrons. The van der Waals surface area contributed by atoms with Crippen molar-refractivity contribution in [3.63, 3.8) is 0 Å². The molecule has 2 aromatic rings. The highest BCUT2D eigenvalue weighted by molar-refractivity contribution is 6.32. The number of pyridine rings is 1. The number of carbonyl (C=O) groups excluding carboxylic acids is 2. The third-order valence-corrected chi connectivity index (χ3v) is 3.49. The first-order chi connectivity index (χ1) is 11.8. The molecule has 0 fully saturated rings. The van der Waals surface area contributed by atoms with Gasteiger partial charge in [0, 0.05) is 11.8 Å². The number of hydrogen-bond donors (Lipinski definition) is 1. The fourth-order valence-electron chi connectivity index (χ4n) is 2.16. The van der Waals surface area contributed by atoms with Crippen LogP contribution in [-0.2, 0) is 9.53 Å². The predicted molar refractivity (Wildman–Crippen MR) is 90.7 cm³/mol. The van der Waals surface area contributed by atoms with Gasteiger partial charge in [-0.25, -0.2) is 9.78 Å². The van der Waals surface area contributed by atoms with Gasteiger partial charge >= 0.3 is 5.97 Å². The molecule has 0 bridgehead atoms. The molecule has 0 saturated heterocycles. The highest BCUT2D eigenvalue weighted by Crippen LogP contribution is 2.23. The standard InChI is InChI=1S/C16H14ClN3O5/c1-9-7-10(2)18-15(17)14(9)16(22)25-8-13(21)19-11-5-3-4-6-12(11)20(23)24/h3-7H,8H2,1-2H3,(H,19,21). The number of halogens is 1. The molecular formula is C16H14ClN3O5. The minimum atomic E-state index is -0.798. The zero-order valence-electron chi connectivity index (χ0n) is 13.4. The van der Waals surface area contributed by atoms with E-state index in [-0.39, 0.29) is 22.1 Å². The third-order valence-electron chi connectivity index (χ3n) is 3.21. The number of nitro groups is 1. The summed E-state index contributed by atoms with van der Waals surface area (Å²) < 4.78 is 4.92. The van der Waals surface area contributed by atoms with E-state index in [0.29, 0.717) is 11.3 Å². The lowest BCUT2D eigenvalue weighted by molar-refractivity contribution is -0.383. The highest BCUT2D eigenvalue weighted by Gasteiger charge is 2.19. The Hall–Kier alpha value is -3.00. The number of amides is 1. The van der Waals surface area contributed by atoms with E-state index in [4.69, 9.17) is 16.3 Å². The van der Waals surface area contributed by atoms with Crippen LogP contribution in [0.4, 0.5) is 11.4 Å². The first kappa shape index (κ1) is 18.3. The van der Waals surface area contributed by atoms with Crippen molar-refractivity contribution in [3.05, 3.63) is 62.4 Å². The Labute approximate surface area is 147 Å². The van der Waals surface area contributed by atoms with Gasteiger partial charge in [0.25, 0.3) is 11.6 Å². The summed E-state index contributed by atoms with van der Waals surface area (Å²) in [6.07, 6.45) is 0. The van der Waals surface area contributed by atoms with E-state index in [2.05, 4.69) is 10.3 Å². The number of para-hydroxylation sites is 2. The SMILES string of the molecule is Cc1cc(C)c(C(=O)OCC(=O)Nc2ccccc2[N+](=O)[O-])c(Cl)n1. The second-order valence-electron chi connectivity index (χ2n) is 5.14. The van der Waals surface area contributed by atoms with Gasteiger partial charge in [0.05, 0.1) is 10.5 Å². The summed E-state index contributed by atoms with van der Waals surface area (Å²) in [5.74, 6) is -1.51. The number of aryl methyl sites for hydroxylation is 2.